The van der Waals surface area contributed by atoms with Crippen molar-refractivity contribution in [3.63, 3.8) is 0 Å². The Morgan fingerprint density at radius 1 is 1.17 bits per heavy atom. The summed E-state index contributed by atoms with van der Waals surface area (Å²) in [6.45, 7) is 0. The molecule has 3 aromatic heterocycles. The van der Waals surface area contributed by atoms with Gasteiger partial charge in [-0.25, -0.2) is 9.97 Å². The molecule has 0 unspecified atom stereocenters. The number of rotatable bonds is 2. The number of benzene rings is 1. The number of ketones is 1. The highest BCUT2D eigenvalue weighted by atomic mass is 35.5. The van der Waals surface area contributed by atoms with Crippen LogP contribution >= 0.6 is 11.6 Å². The van der Waals surface area contributed by atoms with Crippen molar-refractivity contribution in [1.29, 1.82) is 0 Å². The Morgan fingerprint density at radius 2 is 2.00 bits per heavy atom. The molecule has 0 radical (unpaired) electrons. The molecule has 0 spiro atoms. The van der Waals surface area contributed by atoms with Crippen molar-refractivity contribution in [3.8, 4) is 28.4 Å². The molecule has 0 atom stereocenters. The number of allylic oxidation sites excluding steroid dienone is 1. The van der Waals surface area contributed by atoms with Gasteiger partial charge in [-0.1, -0.05) is 11.6 Å². The minimum Gasteiger partial charge on any atom is -0.508 e. The van der Waals surface area contributed by atoms with Crippen LogP contribution in [0.25, 0.3) is 28.2 Å². The Morgan fingerprint density at radius 3 is 2.77 bits per heavy atom. The third kappa shape index (κ3) is 2.79. The molecule has 5 rings (SSSR count). The number of nitrogens with zero attached hydrogens (tertiary/aromatic N) is 3. The number of halogens is 1. The number of hydrogen-bond acceptors (Lipinski definition) is 6. The van der Waals surface area contributed by atoms with Crippen molar-refractivity contribution in [3.05, 3.63) is 71.0 Å². The highest BCUT2D eigenvalue weighted by molar-refractivity contribution is 6.29. The molecule has 30 heavy (non-hydrogen) atoms. The molecular formula is C22H14ClN3O4. The van der Waals surface area contributed by atoms with E-state index in [0.29, 0.717) is 10.7 Å². The molecule has 4 heterocycles. The van der Waals surface area contributed by atoms with Gasteiger partial charge in [-0.3, -0.25) is 4.79 Å². The van der Waals surface area contributed by atoms with Gasteiger partial charge < -0.3 is 19.5 Å². The largest absolute Gasteiger partial charge is 0.508 e. The average Bonchev–Trinajstić information content (AvgIpc) is 3.19. The lowest BCUT2D eigenvalue weighted by Crippen LogP contribution is -1.98. The fourth-order valence-corrected chi connectivity index (χ4v) is 3.75. The fourth-order valence-electron chi connectivity index (χ4n) is 3.64. The van der Waals surface area contributed by atoms with E-state index in [1.54, 1.807) is 24.5 Å². The van der Waals surface area contributed by atoms with Gasteiger partial charge in [-0.2, -0.15) is 0 Å². The van der Waals surface area contributed by atoms with Crippen molar-refractivity contribution in [1.82, 2.24) is 14.5 Å². The average molecular weight is 420 g/mol. The number of ether oxygens (including phenoxy) is 1. The minimum absolute atomic E-state index is 0.0273. The second-order valence-electron chi connectivity index (χ2n) is 6.90. The molecule has 7 nitrogen and oxygen atoms in total. The Kier molecular flexibility index (Phi) is 4.01. The van der Waals surface area contributed by atoms with E-state index in [0.717, 1.165) is 28.2 Å². The first kappa shape index (κ1) is 18.2. The molecule has 0 saturated carbocycles. The molecule has 0 amide bonds. The normalized spacial score (nSPS) is 14.3. The van der Waals surface area contributed by atoms with Crippen LogP contribution in [0.5, 0.6) is 17.2 Å². The smallest absolute Gasteiger partial charge is 0.235 e. The Labute approximate surface area is 175 Å². The lowest BCUT2D eigenvalue weighted by molar-refractivity contribution is 0.101. The monoisotopic (exact) mass is 419 g/mol. The van der Waals surface area contributed by atoms with Gasteiger partial charge in [-0.05, 0) is 29.8 Å². The second kappa shape index (κ2) is 6.60. The zero-order valence-corrected chi connectivity index (χ0v) is 16.4. The number of hydrogen-bond donors (Lipinski definition) is 2. The van der Waals surface area contributed by atoms with Gasteiger partial charge in [0.2, 0.25) is 5.78 Å². The maximum Gasteiger partial charge on any atom is 0.235 e. The van der Waals surface area contributed by atoms with Gasteiger partial charge in [-0.15, -0.1) is 0 Å². The lowest BCUT2D eigenvalue weighted by atomic mass is 10.0. The molecule has 4 aromatic rings. The van der Waals surface area contributed by atoms with Crippen LogP contribution in [0.15, 0.2) is 54.7 Å². The highest BCUT2D eigenvalue weighted by Crippen LogP contribution is 2.41. The summed E-state index contributed by atoms with van der Waals surface area (Å²) in [5.74, 6) is -0.817. The van der Waals surface area contributed by atoms with Crippen LogP contribution in [0.1, 0.15) is 15.9 Å². The van der Waals surface area contributed by atoms with Crippen LogP contribution in [0.3, 0.4) is 0 Å². The summed E-state index contributed by atoms with van der Waals surface area (Å²) in [7, 11) is 1.86. The zero-order chi connectivity index (χ0) is 21.0. The van der Waals surface area contributed by atoms with Gasteiger partial charge >= 0.3 is 0 Å². The molecular weight excluding hydrogens is 406 g/mol. The van der Waals surface area contributed by atoms with Crippen LogP contribution in [0.2, 0.25) is 5.15 Å². The maximum atomic E-state index is 12.8. The third-order valence-corrected chi connectivity index (χ3v) is 5.17. The zero-order valence-electron chi connectivity index (χ0n) is 15.6. The summed E-state index contributed by atoms with van der Waals surface area (Å²) in [5, 5.41) is 20.9. The Bertz CT molecular complexity index is 1370. The molecule has 0 aliphatic carbocycles. The fraction of sp³-hybridized carbons (Fsp3) is 0.0455. The van der Waals surface area contributed by atoms with Crippen molar-refractivity contribution < 1.29 is 19.7 Å². The number of fused-ring (bicyclic) bond motifs is 2. The van der Waals surface area contributed by atoms with E-state index in [-0.39, 0.29) is 28.6 Å². The maximum absolute atomic E-state index is 12.8. The molecule has 0 bridgehead atoms. The summed E-state index contributed by atoms with van der Waals surface area (Å²) in [6, 6.07) is 7.84. The van der Waals surface area contributed by atoms with Gasteiger partial charge in [0, 0.05) is 54.3 Å². The Balaban J connectivity index is 1.68. The first-order valence-electron chi connectivity index (χ1n) is 8.98. The summed E-state index contributed by atoms with van der Waals surface area (Å²) in [5.41, 5.74) is 3.19. The van der Waals surface area contributed by atoms with Crippen molar-refractivity contribution in [2.45, 2.75) is 0 Å². The van der Waals surface area contributed by atoms with Gasteiger partial charge in [0.15, 0.2) is 5.76 Å². The van der Waals surface area contributed by atoms with Crippen molar-refractivity contribution >= 4 is 34.5 Å². The van der Waals surface area contributed by atoms with E-state index in [1.807, 2.05) is 29.9 Å². The minimum atomic E-state index is -0.460. The van der Waals surface area contributed by atoms with Crippen LogP contribution in [0.4, 0.5) is 0 Å². The number of phenolic OH excluding ortho intramolecular Hbond substituents is 2. The first-order valence-corrected chi connectivity index (χ1v) is 9.36. The van der Waals surface area contributed by atoms with Crippen LogP contribution < -0.4 is 4.74 Å². The molecule has 0 saturated heterocycles. The second-order valence-corrected chi connectivity index (χ2v) is 7.29. The number of aryl methyl sites for hydroxylation is 1. The van der Waals surface area contributed by atoms with Crippen molar-refractivity contribution in [2.75, 3.05) is 0 Å². The number of Topliss-reactive ketones (excluding diaryl/α,β-unsaturated/α-hetero) is 1. The van der Waals surface area contributed by atoms with E-state index in [4.69, 9.17) is 16.3 Å². The SMILES string of the molecule is Cn1cc(/C=C2\Oc3cc(O)cc(O)c3C2=O)c2c(-c3ccc(Cl)nc3)ccnc21. The third-order valence-electron chi connectivity index (χ3n) is 4.95. The molecule has 1 aliphatic rings. The quantitative estimate of drug-likeness (QED) is 0.371. The van der Waals surface area contributed by atoms with Gasteiger partial charge in [0.1, 0.15) is 33.6 Å². The first-order chi connectivity index (χ1) is 14.4. The van der Waals surface area contributed by atoms with E-state index in [2.05, 4.69) is 9.97 Å². The molecule has 1 aromatic carbocycles. The summed E-state index contributed by atoms with van der Waals surface area (Å²) < 4.78 is 7.49. The number of carbonyl (C=O) groups is 1. The number of carbonyl (C=O) groups excluding carboxylic acids is 1. The van der Waals surface area contributed by atoms with Gasteiger partial charge in [0.05, 0.1) is 0 Å². The number of aromatic hydroxyl groups is 2. The number of pyridine rings is 2. The molecule has 1 aliphatic heterocycles. The van der Waals surface area contributed by atoms with Gasteiger partial charge in [0.25, 0.3) is 0 Å². The summed E-state index contributed by atoms with van der Waals surface area (Å²) in [4.78, 5) is 21.4. The number of phenols is 2. The van der Waals surface area contributed by atoms with Crippen LogP contribution in [0, 0.1) is 0 Å². The molecule has 8 heteroatoms. The summed E-state index contributed by atoms with van der Waals surface area (Å²) >= 11 is 5.92. The standard InChI is InChI=1S/C22H14ClN3O4/c1-26-10-12(6-17-21(29)20-15(28)7-13(27)8-16(20)30-17)19-14(4-5-24-22(19)26)11-2-3-18(23)25-9-11/h2-10,27-28H,1H3/b17-6-. The highest BCUT2D eigenvalue weighted by Gasteiger charge is 2.31. The topological polar surface area (TPSA) is 97.5 Å². The summed E-state index contributed by atoms with van der Waals surface area (Å²) in [6.07, 6.45) is 6.83. The van der Waals surface area contributed by atoms with Crippen molar-refractivity contribution in [2.24, 2.45) is 7.05 Å². The Hall–Kier alpha value is -3.84. The molecule has 148 valence electrons. The van der Waals surface area contributed by atoms with Crippen LogP contribution in [-0.2, 0) is 7.05 Å². The molecule has 2 N–H and O–H groups in total. The molecule has 0 fully saturated rings. The predicted octanol–water partition coefficient (Wildman–Crippen LogP) is 4.32. The van der Waals surface area contributed by atoms with E-state index in [9.17, 15) is 15.0 Å². The lowest BCUT2D eigenvalue weighted by Gasteiger charge is -2.05. The predicted molar refractivity (Wildman–Crippen MR) is 112 cm³/mol. The van der Waals surface area contributed by atoms with E-state index >= 15 is 0 Å². The van der Waals surface area contributed by atoms with E-state index < -0.39 is 5.78 Å². The van der Waals surface area contributed by atoms with Crippen LogP contribution in [-0.4, -0.2) is 30.5 Å². The number of aromatic nitrogens is 3. The van der Waals surface area contributed by atoms with E-state index in [1.165, 1.54) is 6.07 Å².